The number of hydrogen-bond donors (Lipinski definition) is 2. The molecule has 30 heavy (non-hydrogen) atoms. The third-order valence-corrected chi connectivity index (χ3v) is 4.27. The molecular weight excluding hydrogens is 386 g/mol. The highest BCUT2D eigenvalue weighted by molar-refractivity contribution is 5.92. The van der Waals surface area contributed by atoms with Gasteiger partial charge in [-0.2, -0.15) is 0 Å². The summed E-state index contributed by atoms with van der Waals surface area (Å²) >= 11 is 0. The molecule has 0 bridgehead atoms. The summed E-state index contributed by atoms with van der Waals surface area (Å²) in [5.74, 6) is 0.300. The first-order chi connectivity index (χ1) is 14.5. The summed E-state index contributed by atoms with van der Waals surface area (Å²) in [6.45, 7) is 2.54. The van der Waals surface area contributed by atoms with E-state index in [0.717, 1.165) is 12.0 Å². The molecule has 0 fully saturated rings. The lowest BCUT2D eigenvalue weighted by atomic mass is 10.0. The van der Waals surface area contributed by atoms with E-state index < -0.39 is 17.9 Å². The summed E-state index contributed by atoms with van der Waals surface area (Å²) in [5, 5.41) is 12.0. The van der Waals surface area contributed by atoms with Crippen LogP contribution in [0.2, 0.25) is 0 Å². The van der Waals surface area contributed by atoms with Crippen molar-refractivity contribution < 1.29 is 28.9 Å². The van der Waals surface area contributed by atoms with Gasteiger partial charge in [-0.15, -0.1) is 0 Å². The lowest BCUT2D eigenvalue weighted by Gasteiger charge is -2.19. The van der Waals surface area contributed by atoms with Gasteiger partial charge < -0.3 is 24.6 Å². The van der Waals surface area contributed by atoms with Crippen LogP contribution in [0.4, 0.5) is 0 Å². The van der Waals surface area contributed by atoms with Crippen molar-refractivity contribution in [1.82, 2.24) is 5.32 Å². The number of rotatable bonds is 11. The zero-order valence-electron chi connectivity index (χ0n) is 17.4. The van der Waals surface area contributed by atoms with Crippen molar-refractivity contribution in [2.75, 3.05) is 20.8 Å². The van der Waals surface area contributed by atoms with E-state index in [0.29, 0.717) is 29.4 Å². The Morgan fingerprint density at radius 1 is 1.10 bits per heavy atom. The van der Waals surface area contributed by atoms with Gasteiger partial charge in [-0.05, 0) is 47.9 Å². The van der Waals surface area contributed by atoms with E-state index in [9.17, 15) is 14.7 Å². The Labute approximate surface area is 176 Å². The number of benzene rings is 2. The molecule has 0 aliphatic rings. The summed E-state index contributed by atoms with van der Waals surface area (Å²) in [6.07, 6.45) is 3.58. The number of hydrogen-bond acceptors (Lipinski definition) is 5. The third-order valence-electron chi connectivity index (χ3n) is 4.27. The number of nitrogens with one attached hydrogen (secondary N) is 1. The molecule has 0 spiro atoms. The molecule has 1 atom stereocenters. The number of amides is 1. The van der Waals surface area contributed by atoms with E-state index in [1.807, 2.05) is 25.1 Å². The van der Waals surface area contributed by atoms with Crippen molar-refractivity contribution in [2.24, 2.45) is 0 Å². The van der Waals surface area contributed by atoms with E-state index >= 15 is 0 Å². The number of carboxylic acids is 1. The average Bonchev–Trinajstić information content (AvgIpc) is 2.75. The molecule has 0 heterocycles. The summed E-state index contributed by atoms with van der Waals surface area (Å²) in [6, 6.07) is 11.7. The molecule has 0 saturated carbocycles. The number of carboxylic acid groups (broad SMARTS) is 1. The summed E-state index contributed by atoms with van der Waals surface area (Å²) < 4.78 is 16.2. The van der Waals surface area contributed by atoms with E-state index in [1.54, 1.807) is 37.5 Å². The molecule has 0 aromatic heterocycles. The van der Waals surface area contributed by atoms with Gasteiger partial charge in [-0.3, -0.25) is 9.59 Å². The van der Waals surface area contributed by atoms with Gasteiger partial charge in [0.15, 0.2) is 11.5 Å². The van der Waals surface area contributed by atoms with Gasteiger partial charge in [0.1, 0.15) is 5.75 Å². The van der Waals surface area contributed by atoms with Crippen LogP contribution in [0.15, 0.2) is 48.5 Å². The maximum absolute atomic E-state index is 12.4. The number of ether oxygens (including phenoxy) is 3. The van der Waals surface area contributed by atoms with Gasteiger partial charge in [-0.1, -0.05) is 25.1 Å². The molecule has 2 aromatic carbocycles. The predicted octanol–water partition coefficient (Wildman–Crippen LogP) is 3.84. The highest BCUT2D eigenvalue weighted by Crippen LogP contribution is 2.31. The normalized spacial score (nSPS) is 11.7. The van der Waals surface area contributed by atoms with Gasteiger partial charge in [0, 0.05) is 6.08 Å². The minimum absolute atomic E-state index is 0.267. The molecule has 1 unspecified atom stereocenters. The summed E-state index contributed by atoms with van der Waals surface area (Å²) in [5.41, 5.74) is 1.40. The largest absolute Gasteiger partial charge is 0.497 e. The summed E-state index contributed by atoms with van der Waals surface area (Å²) in [4.78, 5) is 23.8. The fourth-order valence-electron chi connectivity index (χ4n) is 2.80. The minimum Gasteiger partial charge on any atom is -0.497 e. The third kappa shape index (κ3) is 6.84. The SMILES string of the molecule is CCCOc1ccc(C(CC(=O)O)NC(=O)/C=C/c2cccc(OC)c2)cc1OC. The number of methoxy groups -OCH3 is 2. The smallest absolute Gasteiger partial charge is 0.305 e. The second-order valence-electron chi connectivity index (χ2n) is 6.53. The second kappa shape index (κ2) is 11.5. The van der Waals surface area contributed by atoms with Crippen molar-refractivity contribution in [1.29, 1.82) is 0 Å². The molecule has 1 amide bonds. The topological polar surface area (TPSA) is 94.1 Å². The number of aliphatic carboxylic acids is 1. The maximum atomic E-state index is 12.4. The van der Waals surface area contributed by atoms with Crippen LogP contribution in [0.1, 0.15) is 36.9 Å². The van der Waals surface area contributed by atoms with Crippen LogP contribution in [-0.4, -0.2) is 37.8 Å². The molecule has 0 aliphatic heterocycles. The van der Waals surface area contributed by atoms with Crippen LogP contribution in [0.5, 0.6) is 17.2 Å². The molecule has 7 nitrogen and oxygen atoms in total. The Kier molecular flexibility index (Phi) is 8.75. The van der Waals surface area contributed by atoms with E-state index in [1.165, 1.54) is 13.2 Å². The zero-order chi connectivity index (χ0) is 21.9. The summed E-state index contributed by atoms with van der Waals surface area (Å²) in [7, 11) is 3.08. The first kappa shape index (κ1) is 22.8. The highest BCUT2D eigenvalue weighted by atomic mass is 16.5. The maximum Gasteiger partial charge on any atom is 0.305 e. The molecular formula is C23H27NO6. The fourth-order valence-corrected chi connectivity index (χ4v) is 2.80. The quantitative estimate of drug-likeness (QED) is 0.544. The molecule has 2 aromatic rings. The van der Waals surface area contributed by atoms with Crippen LogP contribution >= 0.6 is 0 Å². The van der Waals surface area contributed by atoms with Gasteiger partial charge >= 0.3 is 5.97 Å². The lowest BCUT2D eigenvalue weighted by molar-refractivity contribution is -0.137. The Morgan fingerprint density at radius 2 is 1.90 bits per heavy atom. The Bertz CT molecular complexity index is 893. The zero-order valence-corrected chi connectivity index (χ0v) is 17.4. The van der Waals surface area contributed by atoms with Crippen molar-refractivity contribution in [3.63, 3.8) is 0 Å². The number of carbonyl (C=O) groups is 2. The molecule has 2 N–H and O–H groups in total. The van der Waals surface area contributed by atoms with Crippen LogP contribution in [-0.2, 0) is 9.59 Å². The molecule has 0 saturated heterocycles. The second-order valence-corrected chi connectivity index (χ2v) is 6.53. The monoisotopic (exact) mass is 413 g/mol. The molecule has 0 aliphatic carbocycles. The van der Waals surface area contributed by atoms with E-state index in [-0.39, 0.29) is 6.42 Å². The fraction of sp³-hybridized carbons (Fsp3) is 0.304. The average molecular weight is 413 g/mol. The van der Waals surface area contributed by atoms with Gasteiger partial charge in [-0.25, -0.2) is 0 Å². The Balaban J connectivity index is 2.17. The molecule has 2 rings (SSSR count). The standard InChI is InChI=1S/C23H27NO6/c1-4-12-30-20-10-9-17(14-21(20)29-3)19(15-23(26)27)24-22(25)11-8-16-6-5-7-18(13-16)28-2/h5-11,13-14,19H,4,12,15H2,1-3H3,(H,24,25)(H,26,27)/b11-8+. The minimum atomic E-state index is -1.03. The van der Waals surface area contributed by atoms with Crippen LogP contribution in [0.3, 0.4) is 0 Å². The molecule has 7 heteroatoms. The van der Waals surface area contributed by atoms with E-state index in [2.05, 4.69) is 5.32 Å². The van der Waals surface area contributed by atoms with Gasteiger partial charge in [0.2, 0.25) is 5.91 Å². The first-order valence-electron chi connectivity index (χ1n) is 9.62. The van der Waals surface area contributed by atoms with Crippen LogP contribution in [0, 0.1) is 0 Å². The van der Waals surface area contributed by atoms with E-state index in [4.69, 9.17) is 14.2 Å². The van der Waals surface area contributed by atoms with Gasteiger partial charge in [0.05, 0.1) is 33.3 Å². The highest BCUT2D eigenvalue weighted by Gasteiger charge is 2.19. The Hall–Kier alpha value is -3.48. The van der Waals surface area contributed by atoms with Crippen molar-refractivity contribution in [2.45, 2.75) is 25.8 Å². The van der Waals surface area contributed by atoms with Crippen LogP contribution in [0.25, 0.3) is 6.08 Å². The predicted molar refractivity (Wildman–Crippen MR) is 114 cm³/mol. The Morgan fingerprint density at radius 3 is 2.57 bits per heavy atom. The first-order valence-corrected chi connectivity index (χ1v) is 9.62. The van der Waals surface area contributed by atoms with Crippen molar-refractivity contribution >= 4 is 18.0 Å². The molecule has 0 radical (unpaired) electrons. The molecule has 160 valence electrons. The number of carbonyl (C=O) groups excluding carboxylic acids is 1. The van der Waals surface area contributed by atoms with Crippen LogP contribution < -0.4 is 19.5 Å². The van der Waals surface area contributed by atoms with Gasteiger partial charge in [0.25, 0.3) is 0 Å². The van der Waals surface area contributed by atoms with Crippen molar-refractivity contribution in [3.05, 3.63) is 59.7 Å². The lowest BCUT2D eigenvalue weighted by Crippen LogP contribution is -2.28. The van der Waals surface area contributed by atoms with Crippen molar-refractivity contribution in [3.8, 4) is 17.2 Å².